The Hall–Kier alpha value is -2.60. The number of carbonyl (C=O) groups excluding carboxylic acids is 1. The Morgan fingerprint density at radius 2 is 1.86 bits per heavy atom. The Labute approximate surface area is 166 Å². The lowest BCUT2D eigenvalue weighted by Gasteiger charge is -2.15. The largest absolute Gasteiger partial charge is 0.326 e. The molecule has 0 heterocycles. The minimum Gasteiger partial charge on any atom is -0.326 e. The number of amides is 1. The van der Waals surface area contributed by atoms with Crippen molar-refractivity contribution < 1.29 is 13.2 Å². The smallest absolute Gasteiger partial charge is 0.262 e. The highest BCUT2D eigenvalue weighted by Crippen LogP contribution is 2.26. The van der Waals surface area contributed by atoms with Gasteiger partial charge in [0.15, 0.2) is 0 Å². The van der Waals surface area contributed by atoms with Gasteiger partial charge in [-0.25, -0.2) is 8.42 Å². The van der Waals surface area contributed by atoms with Gasteiger partial charge >= 0.3 is 0 Å². The zero-order valence-corrected chi connectivity index (χ0v) is 17.3. The first-order valence-corrected chi connectivity index (χ1v) is 10.9. The minimum atomic E-state index is -3.77. The van der Waals surface area contributed by atoms with Crippen LogP contribution >= 0.6 is 0 Å². The van der Waals surface area contributed by atoms with Gasteiger partial charge in [0.2, 0.25) is 5.91 Å². The molecule has 6 heteroatoms. The summed E-state index contributed by atoms with van der Waals surface area (Å²) in [5.41, 5.74) is 3.58. The Balaban J connectivity index is 1.79. The summed E-state index contributed by atoms with van der Waals surface area (Å²) >= 11 is 0. The third-order valence-corrected chi connectivity index (χ3v) is 6.46. The molecule has 0 aliphatic heterocycles. The summed E-state index contributed by atoms with van der Waals surface area (Å²) in [6.07, 6.45) is 6.56. The van der Waals surface area contributed by atoms with E-state index >= 15 is 0 Å². The molecule has 0 saturated carbocycles. The van der Waals surface area contributed by atoms with Crippen molar-refractivity contribution in [2.45, 2.75) is 44.9 Å². The van der Waals surface area contributed by atoms with E-state index in [0.29, 0.717) is 23.4 Å². The fourth-order valence-corrected chi connectivity index (χ4v) is 4.81. The molecule has 2 N–H and O–H groups in total. The average Bonchev–Trinajstić information content (AvgIpc) is 3.12. The van der Waals surface area contributed by atoms with Crippen molar-refractivity contribution in [1.29, 1.82) is 0 Å². The fraction of sp³-hybridized carbons (Fsp3) is 0.318. The van der Waals surface area contributed by atoms with Crippen LogP contribution in [0.2, 0.25) is 0 Å². The van der Waals surface area contributed by atoms with E-state index in [1.54, 1.807) is 25.1 Å². The number of nitrogens with one attached hydrogen (secondary N) is 2. The first-order chi connectivity index (χ1) is 13.2. The Morgan fingerprint density at radius 1 is 1.07 bits per heavy atom. The van der Waals surface area contributed by atoms with Crippen LogP contribution in [0.4, 0.5) is 11.4 Å². The average molecular weight is 399 g/mol. The molecule has 1 aliphatic carbocycles. The molecule has 28 heavy (non-hydrogen) atoms. The Bertz CT molecular complexity index is 1030. The van der Waals surface area contributed by atoms with Gasteiger partial charge < -0.3 is 5.32 Å². The monoisotopic (exact) mass is 398 g/mol. The number of sulfonamides is 1. The molecule has 0 unspecified atom stereocenters. The number of anilines is 2. The summed E-state index contributed by atoms with van der Waals surface area (Å²) in [5.74, 6) is 0.158. The van der Waals surface area contributed by atoms with Crippen molar-refractivity contribution in [3.63, 3.8) is 0 Å². The second kappa shape index (κ2) is 8.19. The normalized spacial score (nSPS) is 16.2. The molecule has 0 fully saturated rings. The van der Waals surface area contributed by atoms with Crippen LogP contribution in [0, 0.1) is 26.7 Å². The zero-order chi connectivity index (χ0) is 20.3. The van der Waals surface area contributed by atoms with Crippen molar-refractivity contribution in [1.82, 2.24) is 0 Å². The van der Waals surface area contributed by atoms with Crippen molar-refractivity contribution in [3.05, 3.63) is 65.2 Å². The Kier molecular flexibility index (Phi) is 5.89. The van der Waals surface area contributed by atoms with Crippen LogP contribution in [-0.4, -0.2) is 14.3 Å². The SMILES string of the molecule is Cc1ccc(NS(=O)(=O)c2cc(NC(=O)C[C@H]3C=CCC3)ccc2C)c(C)c1. The highest BCUT2D eigenvalue weighted by molar-refractivity contribution is 7.92. The van der Waals surface area contributed by atoms with E-state index in [1.807, 2.05) is 26.0 Å². The maximum Gasteiger partial charge on any atom is 0.262 e. The molecule has 1 atom stereocenters. The first kappa shape index (κ1) is 20.1. The summed E-state index contributed by atoms with van der Waals surface area (Å²) in [6.45, 7) is 5.57. The predicted octanol–water partition coefficient (Wildman–Crippen LogP) is 4.71. The molecule has 1 aliphatic rings. The molecule has 5 nitrogen and oxygen atoms in total. The van der Waals surface area contributed by atoms with Crippen molar-refractivity contribution >= 4 is 27.3 Å². The van der Waals surface area contributed by atoms with Crippen LogP contribution in [0.15, 0.2) is 53.4 Å². The van der Waals surface area contributed by atoms with E-state index in [0.717, 1.165) is 24.0 Å². The van der Waals surface area contributed by atoms with Gasteiger partial charge in [-0.05, 0) is 68.9 Å². The van der Waals surface area contributed by atoms with Crippen molar-refractivity contribution in [2.24, 2.45) is 5.92 Å². The molecule has 0 bridgehead atoms. The molecule has 148 valence electrons. The lowest BCUT2D eigenvalue weighted by atomic mass is 10.1. The maximum absolute atomic E-state index is 12.9. The summed E-state index contributed by atoms with van der Waals surface area (Å²) in [4.78, 5) is 12.4. The predicted molar refractivity (Wildman–Crippen MR) is 113 cm³/mol. The van der Waals surface area contributed by atoms with Crippen LogP contribution in [-0.2, 0) is 14.8 Å². The number of hydrogen-bond acceptors (Lipinski definition) is 3. The standard InChI is InChI=1S/C22H26N2O3S/c1-15-8-11-20(17(3)12-15)24-28(26,27)21-14-19(10-9-16(21)2)23-22(25)13-18-6-4-5-7-18/h4,6,8-12,14,18,24H,5,7,13H2,1-3H3,(H,23,25)/t18-/m0/s1. The quantitative estimate of drug-likeness (QED) is 0.692. The third-order valence-electron chi connectivity index (χ3n) is 4.95. The molecule has 2 aromatic rings. The topological polar surface area (TPSA) is 75.3 Å². The highest BCUT2D eigenvalue weighted by Gasteiger charge is 2.20. The van der Waals surface area contributed by atoms with E-state index in [4.69, 9.17) is 0 Å². The first-order valence-electron chi connectivity index (χ1n) is 9.42. The highest BCUT2D eigenvalue weighted by atomic mass is 32.2. The molecule has 2 aromatic carbocycles. The van der Waals surface area contributed by atoms with E-state index in [-0.39, 0.29) is 16.7 Å². The molecule has 0 spiro atoms. The lowest BCUT2D eigenvalue weighted by Crippen LogP contribution is -2.17. The zero-order valence-electron chi connectivity index (χ0n) is 16.5. The van der Waals surface area contributed by atoms with Gasteiger partial charge in [0.25, 0.3) is 10.0 Å². The van der Waals surface area contributed by atoms with Gasteiger partial charge in [-0.15, -0.1) is 0 Å². The van der Waals surface area contributed by atoms with E-state index in [1.165, 1.54) is 6.07 Å². The van der Waals surface area contributed by atoms with E-state index in [2.05, 4.69) is 22.2 Å². The van der Waals surface area contributed by atoms with Gasteiger partial charge in [0.1, 0.15) is 0 Å². The molecular formula is C22H26N2O3S. The minimum absolute atomic E-state index is 0.105. The van der Waals surface area contributed by atoms with Crippen LogP contribution in [0.25, 0.3) is 0 Å². The molecule has 3 rings (SSSR count). The van der Waals surface area contributed by atoms with Crippen LogP contribution in [0.5, 0.6) is 0 Å². The van der Waals surface area contributed by atoms with Gasteiger partial charge in [-0.3, -0.25) is 9.52 Å². The van der Waals surface area contributed by atoms with Crippen molar-refractivity contribution in [2.75, 3.05) is 10.0 Å². The van der Waals surface area contributed by atoms with Crippen LogP contribution < -0.4 is 10.0 Å². The van der Waals surface area contributed by atoms with Crippen molar-refractivity contribution in [3.8, 4) is 0 Å². The summed E-state index contributed by atoms with van der Waals surface area (Å²) in [6, 6.07) is 10.5. The molecular weight excluding hydrogens is 372 g/mol. The number of allylic oxidation sites excluding steroid dienone is 2. The van der Waals surface area contributed by atoms with Gasteiger partial charge in [-0.1, -0.05) is 35.9 Å². The molecule has 0 aromatic heterocycles. The number of carbonyl (C=O) groups is 1. The molecule has 0 saturated heterocycles. The number of aryl methyl sites for hydroxylation is 3. The van der Waals surface area contributed by atoms with Crippen LogP contribution in [0.1, 0.15) is 36.0 Å². The van der Waals surface area contributed by atoms with Gasteiger partial charge in [0.05, 0.1) is 10.6 Å². The summed E-state index contributed by atoms with van der Waals surface area (Å²) in [7, 11) is -3.77. The summed E-state index contributed by atoms with van der Waals surface area (Å²) < 4.78 is 28.5. The Morgan fingerprint density at radius 3 is 2.54 bits per heavy atom. The van der Waals surface area contributed by atoms with E-state index < -0.39 is 10.0 Å². The second-order valence-electron chi connectivity index (χ2n) is 7.42. The number of rotatable bonds is 6. The van der Waals surface area contributed by atoms with Crippen LogP contribution in [0.3, 0.4) is 0 Å². The number of benzene rings is 2. The number of hydrogen-bond donors (Lipinski definition) is 2. The fourth-order valence-electron chi connectivity index (χ4n) is 3.41. The lowest BCUT2D eigenvalue weighted by molar-refractivity contribution is -0.116. The summed E-state index contributed by atoms with van der Waals surface area (Å²) in [5, 5.41) is 2.83. The second-order valence-corrected chi connectivity index (χ2v) is 9.07. The molecule has 0 radical (unpaired) electrons. The third kappa shape index (κ3) is 4.81. The van der Waals surface area contributed by atoms with Gasteiger partial charge in [-0.2, -0.15) is 0 Å². The molecule has 1 amide bonds. The van der Waals surface area contributed by atoms with Gasteiger partial charge in [0, 0.05) is 12.1 Å². The maximum atomic E-state index is 12.9. The van der Waals surface area contributed by atoms with E-state index in [9.17, 15) is 13.2 Å².